The minimum atomic E-state index is -0.803. The molecular formula is C28H29NO5S. The van der Waals surface area contributed by atoms with Gasteiger partial charge in [0.2, 0.25) is 0 Å². The highest BCUT2D eigenvalue weighted by atomic mass is 32.1. The molecule has 3 aromatic rings. The lowest BCUT2D eigenvalue weighted by molar-refractivity contribution is -0.119. The van der Waals surface area contributed by atoms with E-state index in [0.717, 1.165) is 11.1 Å². The molecule has 1 aliphatic heterocycles. The van der Waals surface area contributed by atoms with Gasteiger partial charge in [0.05, 0.1) is 18.2 Å². The van der Waals surface area contributed by atoms with Gasteiger partial charge in [0.15, 0.2) is 11.5 Å². The summed E-state index contributed by atoms with van der Waals surface area (Å²) in [5, 5.41) is 15.0. The molecule has 1 aliphatic rings. The lowest BCUT2D eigenvalue weighted by Gasteiger charge is -2.29. The third kappa shape index (κ3) is 5.01. The third-order valence-electron chi connectivity index (χ3n) is 5.96. The van der Waals surface area contributed by atoms with E-state index in [2.05, 4.69) is 5.38 Å². The van der Waals surface area contributed by atoms with Crippen LogP contribution in [0.15, 0.2) is 76.7 Å². The van der Waals surface area contributed by atoms with Crippen molar-refractivity contribution in [2.24, 2.45) is 5.92 Å². The smallest absolute Gasteiger partial charge is 0.294 e. The van der Waals surface area contributed by atoms with Crippen molar-refractivity contribution in [1.29, 1.82) is 0 Å². The molecule has 1 N–H and O–H groups in total. The van der Waals surface area contributed by atoms with Crippen molar-refractivity contribution in [3.05, 3.63) is 82.3 Å². The Morgan fingerprint density at radius 3 is 2.46 bits per heavy atom. The molecule has 0 spiro atoms. The second-order valence-corrected chi connectivity index (χ2v) is 9.43. The van der Waals surface area contributed by atoms with Gasteiger partial charge in [-0.1, -0.05) is 44.2 Å². The number of carbonyl (C=O) groups is 2. The summed E-state index contributed by atoms with van der Waals surface area (Å²) in [6, 6.07) is 16.1. The van der Waals surface area contributed by atoms with E-state index in [0.29, 0.717) is 36.6 Å². The number of thiophene rings is 1. The monoisotopic (exact) mass is 491 g/mol. The highest BCUT2D eigenvalue weighted by Gasteiger charge is 2.45. The molecule has 0 saturated carbocycles. The number of methoxy groups -OCH3 is 1. The SMILES string of the molecule is COCCCOc1ccccc1C1C(C(=O)C(C)C)=C(O)C(=O)N1c1ccc(-c2ccsc2)cc1. The molecule has 0 aliphatic carbocycles. The fraction of sp³-hybridized carbons (Fsp3) is 0.286. The largest absolute Gasteiger partial charge is 0.503 e. The summed E-state index contributed by atoms with van der Waals surface area (Å²) in [6.07, 6.45) is 0.695. The average Bonchev–Trinajstić information content (AvgIpc) is 3.49. The van der Waals surface area contributed by atoms with E-state index in [4.69, 9.17) is 9.47 Å². The van der Waals surface area contributed by atoms with E-state index < -0.39 is 23.6 Å². The summed E-state index contributed by atoms with van der Waals surface area (Å²) < 4.78 is 11.1. The van der Waals surface area contributed by atoms with Crippen LogP contribution in [0.25, 0.3) is 11.1 Å². The lowest BCUT2D eigenvalue weighted by atomic mass is 9.90. The summed E-state index contributed by atoms with van der Waals surface area (Å²) >= 11 is 1.62. The molecule has 0 radical (unpaired) electrons. The van der Waals surface area contributed by atoms with Gasteiger partial charge in [0.25, 0.3) is 5.91 Å². The van der Waals surface area contributed by atoms with Crippen LogP contribution in [0.5, 0.6) is 5.75 Å². The van der Waals surface area contributed by atoms with Gasteiger partial charge >= 0.3 is 0 Å². The highest BCUT2D eigenvalue weighted by Crippen LogP contribution is 2.45. The third-order valence-corrected chi connectivity index (χ3v) is 6.65. The molecule has 6 nitrogen and oxygen atoms in total. The lowest BCUT2D eigenvalue weighted by Crippen LogP contribution is -2.31. The number of benzene rings is 2. The first-order chi connectivity index (χ1) is 16.9. The Labute approximate surface area is 209 Å². The van der Waals surface area contributed by atoms with Gasteiger partial charge < -0.3 is 14.6 Å². The Morgan fingerprint density at radius 1 is 1.06 bits per heavy atom. The van der Waals surface area contributed by atoms with Crippen molar-refractivity contribution in [3.63, 3.8) is 0 Å². The number of hydrogen-bond donors (Lipinski definition) is 1. The zero-order valence-corrected chi connectivity index (χ0v) is 20.9. The molecule has 182 valence electrons. The van der Waals surface area contributed by atoms with E-state index in [-0.39, 0.29) is 11.4 Å². The fourth-order valence-electron chi connectivity index (χ4n) is 4.19. The van der Waals surface area contributed by atoms with E-state index in [9.17, 15) is 14.7 Å². The van der Waals surface area contributed by atoms with E-state index in [1.54, 1.807) is 32.3 Å². The molecule has 1 unspecified atom stereocenters. The number of nitrogens with zero attached hydrogens (tertiary/aromatic N) is 1. The van der Waals surface area contributed by atoms with Crippen LogP contribution in [0.2, 0.25) is 0 Å². The topological polar surface area (TPSA) is 76.1 Å². The minimum Gasteiger partial charge on any atom is -0.503 e. The highest BCUT2D eigenvalue weighted by molar-refractivity contribution is 7.08. The van der Waals surface area contributed by atoms with E-state index >= 15 is 0 Å². The maximum absolute atomic E-state index is 13.4. The minimum absolute atomic E-state index is 0.0971. The van der Waals surface area contributed by atoms with Gasteiger partial charge in [-0.15, -0.1) is 0 Å². The standard InChI is InChI=1S/C28H29NO5S/c1-18(2)26(30)24-25(22-7-4-5-8-23(22)34-15-6-14-33-3)29(28(32)27(24)31)21-11-9-19(10-12-21)20-13-16-35-17-20/h4-5,7-13,16-18,25,31H,6,14-15H2,1-3H3. The van der Waals surface area contributed by atoms with Crippen LogP contribution in [-0.2, 0) is 14.3 Å². The maximum Gasteiger partial charge on any atom is 0.294 e. The van der Waals surface area contributed by atoms with Crippen LogP contribution >= 0.6 is 11.3 Å². The molecule has 35 heavy (non-hydrogen) atoms. The first kappa shape index (κ1) is 24.7. The van der Waals surface area contributed by atoms with Crippen molar-refractivity contribution in [1.82, 2.24) is 0 Å². The number of rotatable bonds is 10. The Kier molecular flexibility index (Phi) is 7.68. The van der Waals surface area contributed by atoms with Gasteiger partial charge in [-0.25, -0.2) is 0 Å². The van der Waals surface area contributed by atoms with Crippen LogP contribution in [0.4, 0.5) is 5.69 Å². The van der Waals surface area contributed by atoms with Crippen LogP contribution in [-0.4, -0.2) is 37.1 Å². The number of carbonyl (C=O) groups excluding carboxylic acids is 2. The summed E-state index contributed by atoms with van der Waals surface area (Å²) in [6.45, 7) is 4.50. The number of Topliss-reactive ketones (excluding diaryl/α,β-unsaturated/α-hetero) is 1. The van der Waals surface area contributed by atoms with Crippen molar-refractivity contribution < 1.29 is 24.2 Å². The molecule has 0 saturated heterocycles. The number of hydrogen-bond acceptors (Lipinski definition) is 6. The number of aliphatic hydroxyl groups is 1. The van der Waals surface area contributed by atoms with E-state index in [1.807, 2.05) is 60.0 Å². The summed E-state index contributed by atoms with van der Waals surface area (Å²) in [7, 11) is 1.64. The molecular weight excluding hydrogens is 462 g/mol. The number of amides is 1. The Balaban J connectivity index is 1.77. The average molecular weight is 492 g/mol. The predicted molar refractivity (Wildman–Crippen MR) is 138 cm³/mol. The quantitative estimate of drug-likeness (QED) is 0.354. The molecule has 2 aromatic carbocycles. The molecule has 1 amide bonds. The summed E-state index contributed by atoms with van der Waals surface area (Å²) in [5.74, 6) is -1.21. The molecule has 1 aromatic heterocycles. The van der Waals surface area contributed by atoms with E-state index in [1.165, 1.54) is 4.90 Å². The number of aliphatic hydroxyl groups excluding tert-OH is 1. The van der Waals surface area contributed by atoms with Gasteiger partial charge in [0, 0.05) is 37.3 Å². The van der Waals surface area contributed by atoms with Gasteiger partial charge in [-0.3, -0.25) is 14.5 Å². The van der Waals surface area contributed by atoms with Crippen molar-refractivity contribution in [2.75, 3.05) is 25.2 Å². The first-order valence-electron chi connectivity index (χ1n) is 11.6. The predicted octanol–water partition coefficient (Wildman–Crippen LogP) is 5.96. The Morgan fingerprint density at radius 2 is 1.80 bits per heavy atom. The molecule has 0 bridgehead atoms. The maximum atomic E-state index is 13.4. The van der Waals surface area contributed by atoms with Crippen molar-refractivity contribution >= 4 is 28.7 Å². The zero-order valence-electron chi connectivity index (χ0n) is 20.1. The Hall–Kier alpha value is -3.42. The van der Waals surface area contributed by atoms with Gasteiger partial charge in [-0.2, -0.15) is 11.3 Å². The number of para-hydroxylation sites is 1. The molecule has 0 fully saturated rings. The number of ether oxygens (including phenoxy) is 2. The van der Waals surface area contributed by atoms with Crippen molar-refractivity contribution in [2.45, 2.75) is 26.3 Å². The van der Waals surface area contributed by atoms with Gasteiger partial charge in [0.1, 0.15) is 5.75 Å². The zero-order chi connectivity index (χ0) is 24.9. The fourth-order valence-corrected chi connectivity index (χ4v) is 4.86. The first-order valence-corrected chi connectivity index (χ1v) is 12.5. The van der Waals surface area contributed by atoms with Crippen LogP contribution in [0.3, 0.4) is 0 Å². The van der Waals surface area contributed by atoms with Gasteiger partial charge in [-0.05, 0) is 46.2 Å². The number of anilines is 1. The second kappa shape index (κ2) is 10.9. The number of ketones is 1. The molecule has 7 heteroatoms. The van der Waals surface area contributed by atoms with Crippen LogP contribution in [0.1, 0.15) is 31.9 Å². The Bertz CT molecular complexity index is 1210. The second-order valence-electron chi connectivity index (χ2n) is 8.65. The molecule has 4 rings (SSSR count). The van der Waals surface area contributed by atoms with Crippen LogP contribution < -0.4 is 9.64 Å². The van der Waals surface area contributed by atoms with Crippen molar-refractivity contribution in [3.8, 4) is 16.9 Å². The normalized spacial score (nSPS) is 15.8. The molecule has 2 heterocycles. The summed E-state index contributed by atoms with van der Waals surface area (Å²) in [4.78, 5) is 28.1. The summed E-state index contributed by atoms with van der Waals surface area (Å²) in [5.41, 5.74) is 3.45. The van der Waals surface area contributed by atoms with Crippen LogP contribution in [0, 0.1) is 5.92 Å². The molecule has 1 atom stereocenters.